The van der Waals surface area contributed by atoms with Crippen molar-refractivity contribution in [2.24, 2.45) is 11.0 Å². The van der Waals surface area contributed by atoms with Gasteiger partial charge in [-0.25, -0.2) is 5.01 Å². The summed E-state index contributed by atoms with van der Waals surface area (Å²) in [6.07, 6.45) is 2.69. The van der Waals surface area contributed by atoms with Crippen LogP contribution >= 0.6 is 0 Å². The molecule has 65 heavy (non-hydrogen) atoms. The zero-order valence-corrected chi connectivity index (χ0v) is 37.8. The number of hydrogen-bond donors (Lipinski definition) is 1. The number of carbonyl (C=O) groups is 2. The third-order valence-electron chi connectivity index (χ3n) is 13.6. The van der Waals surface area contributed by atoms with E-state index in [1.54, 1.807) is 22.8 Å². The van der Waals surface area contributed by atoms with Crippen molar-refractivity contribution in [1.29, 1.82) is 0 Å². The maximum absolute atomic E-state index is 15.6. The number of hydrogen-bond acceptors (Lipinski definition) is 10. The van der Waals surface area contributed by atoms with E-state index in [2.05, 4.69) is 42.5 Å². The van der Waals surface area contributed by atoms with Gasteiger partial charge in [0.2, 0.25) is 5.91 Å². The topological polar surface area (TPSA) is 166 Å². The molecule has 14 nitrogen and oxygen atoms in total. The van der Waals surface area contributed by atoms with Crippen LogP contribution in [0.25, 0.3) is 0 Å². The Kier molecular flexibility index (Phi) is 11.8. The van der Waals surface area contributed by atoms with Crippen molar-refractivity contribution in [3.63, 3.8) is 0 Å². The summed E-state index contributed by atoms with van der Waals surface area (Å²) in [6.45, 7) is 7.03. The second-order valence-electron chi connectivity index (χ2n) is 17.6. The predicted molar refractivity (Wildman–Crippen MR) is 250 cm³/mol. The fourth-order valence-electron chi connectivity index (χ4n) is 10.3. The minimum atomic E-state index is -2.56. The summed E-state index contributed by atoms with van der Waals surface area (Å²) >= 11 is 0. The molecule has 5 atom stereocenters. The second kappa shape index (κ2) is 17.6. The number of carbonyl (C=O) groups excluding carboxylic acids is 2. The van der Waals surface area contributed by atoms with Gasteiger partial charge in [0.25, 0.3) is 11.6 Å². The number of aliphatic hydroxyl groups is 1. The van der Waals surface area contributed by atoms with E-state index in [9.17, 15) is 20.0 Å². The number of benzene rings is 5. The zero-order valence-electron chi connectivity index (χ0n) is 36.8. The van der Waals surface area contributed by atoms with Crippen molar-refractivity contribution < 1.29 is 29.1 Å². The number of rotatable bonds is 14. The summed E-state index contributed by atoms with van der Waals surface area (Å²) in [5, 5.41) is 39.1. The van der Waals surface area contributed by atoms with Crippen molar-refractivity contribution in [2.45, 2.75) is 75.5 Å². The highest BCUT2D eigenvalue weighted by Crippen LogP contribution is 2.60. The number of non-ortho nitro benzene ring substituents is 1. The highest BCUT2D eigenvalue weighted by atomic mass is 28.3. The molecular weight excluding hydrogens is 839 g/mol. The van der Waals surface area contributed by atoms with Crippen LogP contribution in [0.3, 0.4) is 0 Å². The van der Waals surface area contributed by atoms with Crippen LogP contribution in [0.4, 0.5) is 17.1 Å². The molecule has 3 aliphatic heterocycles. The van der Waals surface area contributed by atoms with E-state index in [1.165, 1.54) is 17.1 Å². The molecule has 0 saturated carbocycles. The molecule has 0 radical (unpaired) electrons. The minimum Gasteiger partial charge on any atom is -0.497 e. The van der Waals surface area contributed by atoms with Crippen LogP contribution in [0.15, 0.2) is 139 Å². The zero-order chi connectivity index (χ0) is 45.5. The molecule has 1 spiro atoms. The molecule has 1 N–H and O–H groups in total. The highest BCUT2D eigenvalue weighted by Gasteiger charge is 2.66. The highest BCUT2D eigenvalue weighted by molar-refractivity contribution is 6.91. The number of aromatic nitrogens is 3. The Labute approximate surface area is 378 Å². The maximum Gasteiger partial charge on any atom is 0.269 e. The number of methoxy groups -OCH3 is 1. The lowest BCUT2D eigenvalue weighted by Crippen LogP contribution is -2.51. The molecule has 332 valence electrons. The van der Waals surface area contributed by atoms with Gasteiger partial charge >= 0.3 is 0 Å². The van der Waals surface area contributed by atoms with E-state index >= 15 is 4.79 Å². The van der Waals surface area contributed by atoms with Crippen molar-refractivity contribution in [1.82, 2.24) is 15.0 Å². The Morgan fingerprint density at radius 2 is 1.68 bits per heavy atom. The van der Waals surface area contributed by atoms with Gasteiger partial charge in [-0.2, -0.15) is 5.10 Å². The number of aliphatic hydroxyl groups excluding tert-OH is 1. The van der Waals surface area contributed by atoms with Crippen LogP contribution in [0.1, 0.15) is 60.1 Å². The number of amides is 2. The summed E-state index contributed by atoms with van der Waals surface area (Å²) in [4.78, 5) is 42.5. The standard InChI is InChI=1S/C50H51N7O7Si/c1-33-48(65(3,4)40-21-19-39(63-2)20-22-40)46(26-27-54-31-44(51-53-54)41(32-58)35-13-7-5-8-14-35)64-50(33)42-29-38(57(61)62)18-24-45(42)55(49(50)60)30-34-12-11-17-37(28-34)56-47(59)25-23-43(52-56)36-15-9-6-10-16-36/h5-22,24,28-29,31,33,41,46,48,58H,23,25-27,30,32H2,1-4H3/t33-,41?,46+,48-,50+/m1/s1. The third kappa shape index (κ3) is 7.93. The van der Waals surface area contributed by atoms with E-state index in [0.717, 1.165) is 33.3 Å². The van der Waals surface area contributed by atoms with E-state index in [1.807, 2.05) is 103 Å². The number of aryl methyl sites for hydroxylation is 1. The summed E-state index contributed by atoms with van der Waals surface area (Å²) < 4.78 is 14.6. The molecule has 4 heterocycles. The van der Waals surface area contributed by atoms with Gasteiger partial charge in [-0.05, 0) is 59.0 Å². The first kappa shape index (κ1) is 43.4. The number of anilines is 2. The lowest BCUT2D eigenvalue weighted by atomic mass is 9.82. The average Bonchev–Trinajstić information content (AvgIpc) is 3.99. The third-order valence-corrected chi connectivity index (χ3v) is 18.0. The van der Waals surface area contributed by atoms with E-state index in [4.69, 9.17) is 14.6 Å². The summed E-state index contributed by atoms with van der Waals surface area (Å²) in [7, 11) is -0.927. The summed E-state index contributed by atoms with van der Waals surface area (Å²) in [5.41, 5.74) is 3.83. The van der Waals surface area contributed by atoms with Crippen LogP contribution in [-0.4, -0.2) is 70.4 Å². The lowest BCUT2D eigenvalue weighted by molar-refractivity contribution is -0.385. The van der Waals surface area contributed by atoms with Crippen molar-refractivity contribution in [3.05, 3.63) is 172 Å². The quantitative estimate of drug-likeness (QED) is 0.0655. The Morgan fingerprint density at radius 3 is 2.38 bits per heavy atom. The first-order valence-electron chi connectivity index (χ1n) is 22.0. The summed E-state index contributed by atoms with van der Waals surface area (Å²) in [6, 6.07) is 39.6. The lowest BCUT2D eigenvalue weighted by Gasteiger charge is -2.37. The molecule has 5 aromatic carbocycles. The molecule has 1 saturated heterocycles. The van der Waals surface area contributed by atoms with Gasteiger partial charge in [-0.3, -0.25) is 24.4 Å². The number of fused-ring (bicyclic) bond motifs is 2. The molecule has 9 rings (SSSR count). The Morgan fingerprint density at radius 1 is 0.938 bits per heavy atom. The first-order chi connectivity index (χ1) is 31.4. The number of ether oxygens (including phenoxy) is 2. The van der Waals surface area contributed by atoms with Crippen molar-refractivity contribution >= 4 is 47.8 Å². The molecule has 0 bridgehead atoms. The summed E-state index contributed by atoms with van der Waals surface area (Å²) in [5.74, 6) is -0.453. The minimum absolute atomic E-state index is 0.121. The van der Waals surface area contributed by atoms with Crippen LogP contribution in [0.2, 0.25) is 18.6 Å². The fraction of sp³-hybridized carbons (Fsp3) is 0.300. The Bertz CT molecular complexity index is 2770. The molecule has 0 aliphatic carbocycles. The van der Waals surface area contributed by atoms with Crippen LogP contribution in [0.5, 0.6) is 5.75 Å². The van der Waals surface area contributed by atoms with Crippen LogP contribution in [0, 0.1) is 16.0 Å². The number of hydrazone groups is 1. The average molecular weight is 890 g/mol. The van der Waals surface area contributed by atoms with Gasteiger partial charge in [0.15, 0.2) is 5.60 Å². The van der Waals surface area contributed by atoms with Gasteiger partial charge in [0, 0.05) is 49.2 Å². The molecule has 15 heteroatoms. The van der Waals surface area contributed by atoms with Crippen molar-refractivity contribution in [2.75, 3.05) is 23.6 Å². The Balaban J connectivity index is 1.07. The SMILES string of the molecule is COc1ccc([Si](C)(C)[C@H]2[C@H](CCn3cc(C(CO)c4ccccc4)nn3)O[C@@]3(C(=O)N(Cc4cccc(N5N=C(c6ccccc6)CCC5=O)c4)c4ccc([N+](=O)[O-])cc43)[C@@H]2C)cc1. The number of nitro groups is 1. The Hall–Kier alpha value is -6.81. The fourth-order valence-corrected chi connectivity index (χ4v) is 14.4. The van der Waals surface area contributed by atoms with E-state index < -0.39 is 30.6 Å². The first-order valence-corrected chi connectivity index (χ1v) is 25.0. The second-order valence-corrected chi connectivity index (χ2v) is 22.3. The molecular formula is C50H51N7O7Si. The number of nitrogens with zero attached hydrogens (tertiary/aromatic N) is 7. The smallest absolute Gasteiger partial charge is 0.269 e. The molecule has 1 aromatic heterocycles. The molecule has 1 unspecified atom stereocenters. The van der Waals surface area contributed by atoms with Gasteiger partial charge in [-0.1, -0.05) is 115 Å². The normalized spacial score (nSPS) is 21.1. The largest absolute Gasteiger partial charge is 0.497 e. The molecule has 2 amide bonds. The molecule has 1 fully saturated rings. The monoisotopic (exact) mass is 889 g/mol. The molecule has 6 aromatic rings. The van der Waals surface area contributed by atoms with Gasteiger partial charge in [0.05, 0.1) is 68.1 Å². The van der Waals surface area contributed by atoms with Crippen LogP contribution in [-0.2, 0) is 33.0 Å². The van der Waals surface area contributed by atoms with Gasteiger partial charge in [0.1, 0.15) is 5.75 Å². The maximum atomic E-state index is 15.6. The number of nitro benzene ring substituents is 1. The van der Waals surface area contributed by atoms with E-state index in [0.29, 0.717) is 48.4 Å². The van der Waals surface area contributed by atoms with Crippen LogP contribution < -0.4 is 19.8 Å². The van der Waals surface area contributed by atoms with Gasteiger partial charge in [-0.15, -0.1) is 5.10 Å². The van der Waals surface area contributed by atoms with Crippen molar-refractivity contribution in [3.8, 4) is 5.75 Å². The predicted octanol–water partition coefficient (Wildman–Crippen LogP) is 7.70. The van der Waals surface area contributed by atoms with E-state index in [-0.39, 0.29) is 42.1 Å². The molecule has 3 aliphatic rings. The van der Waals surface area contributed by atoms with Gasteiger partial charge < -0.3 is 19.5 Å².